The standard InChI is InChI=1S/C17H22ClNO4/c1-22-14-5-4-12(11-13(14)18)16(21)19-8-6-17(7-9-19)15(20)3-2-10-23-17/h4-5,11,15,20H,2-3,6-10H2,1H3. The Balaban J connectivity index is 1.67. The van der Waals surface area contributed by atoms with Gasteiger partial charge in [0.05, 0.1) is 23.8 Å². The number of piperidine rings is 1. The quantitative estimate of drug-likeness (QED) is 0.899. The van der Waals surface area contributed by atoms with Crippen LogP contribution in [0.4, 0.5) is 0 Å². The molecular weight excluding hydrogens is 318 g/mol. The summed E-state index contributed by atoms with van der Waals surface area (Å²) in [5, 5.41) is 10.7. The Morgan fingerprint density at radius 3 is 2.78 bits per heavy atom. The van der Waals surface area contributed by atoms with Crippen LogP contribution < -0.4 is 4.74 Å². The van der Waals surface area contributed by atoms with Gasteiger partial charge in [-0.1, -0.05) is 11.6 Å². The molecule has 1 spiro atoms. The minimum absolute atomic E-state index is 0.0466. The van der Waals surface area contributed by atoms with Gasteiger partial charge in [0.25, 0.3) is 5.91 Å². The number of carbonyl (C=O) groups is 1. The minimum Gasteiger partial charge on any atom is -0.495 e. The number of ether oxygens (including phenoxy) is 2. The summed E-state index contributed by atoms with van der Waals surface area (Å²) < 4.78 is 11.0. The molecule has 1 aromatic carbocycles. The van der Waals surface area contributed by atoms with Crippen molar-refractivity contribution in [1.82, 2.24) is 4.90 Å². The molecule has 2 aliphatic heterocycles. The summed E-state index contributed by atoms with van der Waals surface area (Å²) >= 11 is 6.10. The zero-order valence-electron chi connectivity index (χ0n) is 13.3. The summed E-state index contributed by atoms with van der Waals surface area (Å²) in [7, 11) is 1.54. The Hall–Kier alpha value is -1.30. The van der Waals surface area contributed by atoms with Crippen LogP contribution in [0.25, 0.3) is 0 Å². The normalized spacial score (nSPS) is 23.8. The van der Waals surface area contributed by atoms with Gasteiger partial charge in [-0.25, -0.2) is 0 Å². The number of benzene rings is 1. The van der Waals surface area contributed by atoms with Gasteiger partial charge in [0.2, 0.25) is 0 Å². The number of rotatable bonds is 2. The van der Waals surface area contributed by atoms with E-state index in [0.717, 1.165) is 12.8 Å². The number of nitrogens with zero attached hydrogens (tertiary/aromatic N) is 1. The lowest BCUT2D eigenvalue weighted by atomic mass is 9.82. The molecule has 2 aliphatic rings. The van der Waals surface area contributed by atoms with Crippen molar-refractivity contribution in [3.05, 3.63) is 28.8 Å². The van der Waals surface area contributed by atoms with E-state index in [0.29, 0.717) is 48.9 Å². The van der Waals surface area contributed by atoms with Crippen molar-refractivity contribution in [1.29, 1.82) is 0 Å². The minimum atomic E-state index is -0.466. The summed E-state index contributed by atoms with van der Waals surface area (Å²) in [6.45, 7) is 1.86. The number of aliphatic hydroxyl groups excluding tert-OH is 1. The van der Waals surface area contributed by atoms with Gasteiger partial charge in [0.1, 0.15) is 5.75 Å². The molecule has 1 atom stereocenters. The summed E-state index contributed by atoms with van der Waals surface area (Å²) in [6, 6.07) is 5.07. The van der Waals surface area contributed by atoms with Gasteiger partial charge < -0.3 is 19.5 Å². The molecule has 1 amide bonds. The van der Waals surface area contributed by atoms with Gasteiger partial charge in [-0.3, -0.25) is 4.79 Å². The first-order chi connectivity index (χ1) is 11.1. The molecule has 23 heavy (non-hydrogen) atoms. The van der Waals surface area contributed by atoms with Crippen molar-refractivity contribution in [2.75, 3.05) is 26.8 Å². The first kappa shape index (κ1) is 16.6. The summed E-state index contributed by atoms with van der Waals surface area (Å²) in [6.07, 6.45) is 2.59. The van der Waals surface area contributed by atoms with Crippen LogP contribution in [0.3, 0.4) is 0 Å². The van der Waals surface area contributed by atoms with Crippen LogP contribution in [-0.4, -0.2) is 54.4 Å². The van der Waals surface area contributed by atoms with E-state index < -0.39 is 11.7 Å². The Kier molecular flexibility index (Phi) is 4.80. The van der Waals surface area contributed by atoms with E-state index in [9.17, 15) is 9.90 Å². The lowest BCUT2D eigenvalue weighted by molar-refractivity contribution is -0.174. The predicted molar refractivity (Wildman–Crippen MR) is 87.1 cm³/mol. The van der Waals surface area contributed by atoms with E-state index in [-0.39, 0.29) is 5.91 Å². The van der Waals surface area contributed by atoms with Crippen LogP contribution in [0.15, 0.2) is 18.2 Å². The number of halogens is 1. The fourth-order valence-electron chi connectivity index (χ4n) is 3.46. The number of methoxy groups -OCH3 is 1. The molecule has 1 unspecified atom stereocenters. The highest BCUT2D eigenvalue weighted by Crippen LogP contribution is 2.35. The number of likely N-dealkylation sites (tertiary alicyclic amines) is 1. The first-order valence-corrected chi connectivity index (χ1v) is 8.38. The van der Waals surface area contributed by atoms with Gasteiger partial charge in [-0.15, -0.1) is 0 Å². The fraction of sp³-hybridized carbons (Fsp3) is 0.588. The fourth-order valence-corrected chi connectivity index (χ4v) is 3.72. The smallest absolute Gasteiger partial charge is 0.253 e. The molecule has 0 saturated carbocycles. The average Bonchev–Trinajstić information content (AvgIpc) is 2.58. The molecule has 5 nitrogen and oxygen atoms in total. The number of amides is 1. The monoisotopic (exact) mass is 339 g/mol. The second-order valence-corrected chi connectivity index (χ2v) is 6.62. The molecule has 126 valence electrons. The lowest BCUT2D eigenvalue weighted by Crippen LogP contribution is -2.56. The van der Waals surface area contributed by atoms with E-state index in [1.807, 2.05) is 0 Å². The van der Waals surface area contributed by atoms with Crippen LogP contribution in [-0.2, 0) is 4.74 Å². The van der Waals surface area contributed by atoms with E-state index >= 15 is 0 Å². The highest BCUT2D eigenvalue weighted by molar-refractivity contribution is 6.32. The highest BCUT2D eigenvalue weighted by Gasteiger charge is 2.44. The largest absolute Gasteiger partial charge is 0.495 e. The van der Waals surface area contributed by atoms with Crippen LogP contribution in [0, 0.1) is 0 Å². The van der Waals surface area contributed by atoms with Gasteiger partial charge in [0, 0.05) is 25.3 Å². The zero-order valence-corrected chi connectivity index (χ0v) is 14.0. The number of aliphatic hydroxyl groups is 1. The van der Waals surface area contributed by atoms with Crippen LogP contribution in [0.1, 0.15) is 36.0 Å². The van der Waals surface area contributed by atoms with E-state index in [1.165, 1.54) is 0 Å². The third-order valence-electron chi connectivity index (χ3n) is 4.91. The number of hydrogen-bond acceptors (Lipinski definition) is 4. The number of carbonyl (C=O) groups excluding carboxylic acids is 1. The summed E-state index contributed by atoms with van der Waals surface area (Å²) in [5.74, 6) is 0.509. The van der Waals surface area contributed by atoms with Crippen LogP contribution in [0.2, 0.25) is 5.02 Å². The lowest BCUT2D eigenvalue weighted by Gasteiger charge is -2.46. The molecular formula is C17H22ClNO4. The van der Waals surface area contributed by atoms with E-state index in [1.54, 1.807) is 30.2 Å². The van der Waals surface area contributed by atoms with Gasteiger partial charge in [0.15, 0.2) is 0 Å². The third kappa shape index (κ3) is 3.18. The van der Waals surface area contributed by atoms with E-state index in [4.69, 9.17) is 21.1 Å². The average molecular weight is 340 g/mol. The van der Waals surface area contributed by atoms with Crippen molar-refractivity contribution >= 4 is 17.5 Å². The van der Waals surface area contributed by atoms with Crippen molar-refractivity contribution < 1.29 is 19.4 Å². The van der Waals surface area contributed by atoms with Crippen molar-refractivity contribution in [2.24, 2.45) is 0 Å². The van der Waals surface area contributed by atoms with Crippen LogP contribution >= 0.6 is 11.6 Å². The molecule has 0 aromatic heterocycles. The molecule has 0 aliphatic carbocycles. The molecule has 2 fully saturated rings. The van der Waals surface area contributed by atoms with Gasteiger partial charge >= 0.3 is 0 Å². The van der Waals surface area contributed by atoms with Gasteiger partial charge in [-0.2, -0.15) is 0 Å². The maximum Gasteiger partial charge on any atom is 0.253 e. The molecule has 6 heteroatoms. The molecule has 0 radical (unpaired) electrons. The van der Waals surface area contributed by atoms with Crippen LogP contribution in [0.5, 0.6) is 5.75 Å². The van der Waals surface area contributed by atoms with E-state index in [2.05, 4.69) is 0 Å². The summed E-state index contributed by atoms with van der Waals surface area (Å²) in [4.78, 5) is 14.4. The predicted octanol–water partition coefficient (Wildman–Crippen LogP) is 2.49. The van der Waals surface area contributed by atoms with Crippen molar-refractivity contribution in [3.63, 3.8) is 0 Å². The third-order valence-corrected chi connectivity index (χ3v) is 5.21. The molecule has 1 N–H and O–H groups in total. The Morgan fingerprint density at radius 1 is 1.43 bits per heavy atom. The van der Waals surface area contributed by atoms with Gasteiger partial charge in [-0.05, 0) is 43.9 Å². The highest BCUT2D eigenvalue weighted by atomic mass is 35.5. The Bertz CT molecular complexity index is 584. The molecule has 0 bridgehead atoms. The molecule has 1 aromatic rings. The first-order valence-electron chi connectivity index (χ1n) is 8.00. The number of hydrogen-bond donors (Lipinski definition) is 1. The Morgan fingerprint density at radius 2 is 2.17 bits per heavy atom. The second-order valence-electron chi connectivity index (χ2n) is 6.21. The maximum atomic E-state index is 12.6. The molecule has 3 rings (SSSR count). The molecule has 2 saturated heterocycles. The zero-order chi connectivity index (χ0) is 16.4. The second kappa shape index (κ2) is 6.67. The maximum absolute atomic E-state index is 12.6. The van der Waals surface area contributed by atoms with Crippen molar-refractivity contribution in [2.45, 2.75) is 37.4 Å². The van der Waals surface area contributed by atoms with Crippen molar-refractivity contribution in [3.8, 4) is 5.75 Å². The Labute approximate surface area is 141 Å². The summed E-state index contributed by atoms with van der Waals surface area (Å²) in [5.41, 5.74) is 0.0870. The molecule has 2 heterocycles. The topological polar surface area (TPSA) is 59.0 Å². The SMILES string of the molecule is COc1ccc(C(=O)N2CCC3(CC2)OCCCC3O)cc1Cl.